The molecule has 0 aliphatic heterocycles. The van der Waals surface area contributed by atoms with Gasteiger partial charge in [0, 0.05) is 6.07 Å². The van der Waals surface area contributed by atoms with Gasteiger partial charge in [0.05, 0.1) is 11.0 Å². The molecule has 0 saturated heterocycles. The standard InChI is InChI=1S/C14H10ClF3N2O3/c15-11-6-3-9(7-12(11)20(21)22)13(19)8-1-4-10(5-2-8)23-14(16,17)18/h1-7,13H,19H2/t13-/m0/s1. The van der Waals surface area contributed by atoms with Crippen molar-refractivity contribution in [2.24, 2.45) is 5.73 Å². The van der Waals surface area contributed by atoms with E-state index in [9.17, 15) is 23.3 Å². The van der Waals surface area contributed by atoms with E-state index in [1.54, 1.807) is 0 Å². The topological polar surface area (TPSA) is 78.4 Å². The largest absolute Gasteiger partial charge is 0.573 e. The number of alkyl halides is 3. The lowest BCUT2D eigenvalue weighted by molar-refractivity contribution is -0.384. The molecule has 0 amide bonds. The van der Waals surface area contributed by atoms with Gasteiger partial charge in [-0.25, -0.2) is 0 Å². The molecule has 2 rings (SSSR count). The van der Waals surface area contributed by atoms with Crippen LogP contribution in [0.4, 0.5) is 18.9 Å². The number of benzene rings is 2. The van der Waals surface area contributed by atoms with Gasteiger partial charge in [0.1, 0.15) is 10.8 Å². The minimum atomic E-state index is -4.78. The lowest BCUT2D eigenvalue weighted by Gasteiger charge is -2.14. The van der Waals surface area contributed by atoms with Crippen LogP contribution in [0.1, 0.15) is 17.2 Å². The van der Waals surface area contributed by atoms with Crippen LogP contribution >= 0.6 is 11.6 Å². The highest BCUT2D eigenvalue weighted by atomic mass is 35.5. The Hall–Kier alpha value is -2.32. The fraction of sp³-hybridized carbons (Fsp3) is 0.143. The van der Waals surface area contributed by atoms with Crippen LogP contribution in [0.3, 0.4) is 0 Å². The summed E-state index contributed by atoms with van der Waals surface area (Å²) in [5.74, 6) is -0.379. The lowest BCUT2D eigenvalue weighted by atomic mass is 9.99. The maximum atomic E-state index is 12.1. The number of nitrogens with two attached hydrogens (primary N) is 1. The predicted octanol–water partition coefficient (Wildman–Crippen LogP) is 4.19. The number of nitrogens with zero attached hydrogens (tertiary/aromatic N) is 1. The highest BCUT2D eigenvalue weighted by Gasteiger charge is 2.31. The van der Waals surface area contributed by atoms with Crippen molar-refractivity contribution in [3.8, 4) is 5.75 Å². The zero-order valence-corrected chi connectivity index (χ0v) is 12.1. The van der Waals surface area contributed by atoms with Gasteiger partial charge in [-0.05, 0) is 29.3 Å². The van der Waals surface area contributed by atoms with Crippen LogP contribution in [0.15, 0.2) is 42.5 Å². The van der Waals surface area contributed by atoms with Gasteiger partial charge in [0.2, 0.25) is 0 Å². The average Bonchev–Trinajstić information content (AvgIpc) is 2.46. The third-order valence-electron chi connectivity index (χ3n) is 3.00. The van der Waals surface area contributed by atoms with Crippen LogP contribution in [0.25, 0.3) is 0 Å². The van der Waals surface area contributed by atoms with Crippen LogP contribution < -0.4 is 10.5 Å². The number of hydrogen-bond donors (Lipinski definition) is 1. The van der Waals surface area contributed by atoms with Gasteiger partial charge in [0.25, 0.3) is 5.69 Å². The van der Waals surface area contributed by atoms with E-state index >= 15 is 0 Å². The molecule has 2 N–H and O–H groups in total. The number of nitro groups is 1. The van der Waals surface area contributed by atoms with E-state index in [0.717, 1.165) is 12.1 Å². The van der Waals surface area contributed by atoms with E-state index in [2.05, 4.69) is 4.74 Å². The molecule has 0 heterocycles. The Morgan fingerprint density at radius 1 is 1.13 bits per heavy atom. The molecule has 9 heteroatoms. The molecule has 5 nitrogen and oxygen atoms in total. The monoisotopic (exact) mass is 346 g/mol. The Morgan fingerprint density at radius 3 is 2.22 bits per heavy atom. The van der Waals surface area contributed by atoms with E-state index in [1.165, 1.54) is 30.3 Å². The molecule has 0 unspecified atom stereocenters. The summed E-state index contributed by atoms with van der Waals surface area (Å²) in [4.78, 5) is 10.2. The summed E-state index contributed by atoms with van der Waals surface area (Å²) in [6.07, 6.45) is -4.78. The van der Waals surface area contributed by atoms with Crippen molar-refractivity contribution in [1.82, 2.24) is 0 Å². The fourth-order valence-corrected chi connectivity index (χ4v) is 2.12. The quantitative estimate of drug-likeness (QED) is 0.665. The highest BCUT2D eigenvalue weighted by Crippen LogP contribution is 2.30. The second-order valence-corrected chi connectivity index (χ2v) is 4.97. The smallest absolute Gasteiger partial charge is 0.406 e. The molecule has 0 aromatic heterocycles. The first-order valence-corrected chi connectivity index (χ1v) is 6.60. The summed E-state index contributed by atoms with van der Waals surface area (Å²) in [5, 5.41) is 10.8. The highest BCUT2D eigenvalue weighted by molar-refractivity contribution is 6.32. The Kier molecular flexibility index (Phi) is 4.76. The first-order valence-electron chi connectivity index (χ1n) is 6.22. The fourth-order valence-electron chi connectivity index (χ4n) is 1.93. The van der Waals surface area contributed by atoms with Crippen molar-refractivity contribution in [3.63, 3.8) is 0 Å². The number of hydrogen-bond acceptors (Lipinski definition) is 4. The lowest BCUT2D eigenvalue weighted by Crippen LogP contribution is -2.17. The predicted molar refractivity (Wildman–Crippen MR) is 77.3 cm³/mol. The number of ether oxygens (including phenoxy) is 1. The molecule has 2 aromatic carbocycles. The van der Waals surface area contributed by atoms with Crippen molar-refractivity contribution >= 4 is 17.3 Å². The normalized spacial score (nSPS) is 12.7. The van der Waals surface area contributed by atoms with Gasteiger partial charge in [0.15, 0.2) is 0 Å². The summed E-state index contributed by atoms with van der Waals surface area (Å²) >= 11 is 5.72. The van der Waals surface area contributed by atoms with Crippen LogP contribution in [0, 0.1) is 10.1 Å². The third-order valence-corrected chi connectivity index (χ3v) is 3.32. The van der Waals surface area contributed by atoms with Crippen LogP contribution in [-0.2, 0) is 0 Å². The summed E-state index contributed by atoms with van der Waals surface area (Å²) < 4.78 is 40.1. The number of halogens is 4. The molecular formula is C14H10ClF3N2O3. The van der Waals surface area contributed by atoms with Gasteiger partial charge in [-0.2, -0.15) is 0 Å². The van der Waals surface area contributed by atoms with Crippen molar-refractivity contribution in [2.45, 2.75) is 12.4 Å². The number of rotatable bonds is 4. The summed E-state index contributed by atoms with van der Waals surface area (Å²) in [7, 11) is 0. The van der Waals surface area contributed by atoms with E-state index < -0.39 is 17.3 Å². The van der Waals surface area contributed by atoms with Gasteiger partial charge in [-0.15, -0.1) is 13.2 Å². The second kappa shape index (κ2) is 6.43. The van der Waals surface area contributed by atoms with Crippen molar-refractivity contribution < 1.29 is 22.8 Å². The molecule has 0 fully saturated rings. The SMILES string of the molecule is N[C@@H](c1ccc(OC(F)(F)F)cc1)c1ccc(Cl)c([N+](=O)[O-])c1. The molecule has 23 heavy (non-hydrogen) atoms. The molecule has 122 valence electrons. The van der Waals surface area contributed by atoms with E-state index in [-0.39, 0.29) is 16.5 Å². The van der Waals surface area contributed by atoms with Gasteiger partial charge >= 0.3 is 6.36 Å². The van der Waals surface area contributed by atoms with Crippen molar-refractivity contribution in [1.29, 1.82) is 0 Å². The van der Waals surface area contributed by atoms with Crippen molar-refractivity contribution in [3.05, 3.63) is 68.7 Å². The number of nitro benzene ring substituents is 1. The zero-order valence-electron chi connectivity index (χ0n) is 11.4. The summed E-state index contributed by atoms with van der Waals surface area (Å²) in [6.45, 7) is 0. The van der Waals surface area contributed by atoms with Gasteiger partial charge in [-0.1, -0.05) is 29.8 Å². The molecule has 0 saturated carbocycles. The Labute approximate surface area is 133 Å². The molecule has 0 radical (unpaired) electrons. The Bertz CT molecular complexity index is 720. The maximum Gasteiger partial charge on any atom is 0.573 e. The average molecular weight is 347 g/mol. The van der Waals surface area contributed by atoms with Crippen molar-refractivity contribution in [2.75, 3.05) is 0 Å². The molecule has 0 bridgehead atoms. The van der Waals surface area contributed by atoms with Gasteiger partial charge < -0.3 is 10.5 Å². The molecule has 0 spiro atoms. The first-order chi connectivity index (χ1) is 10.7. The molecular weight excluding hydrogens is 337 g/mol. The van der Waals surface area contributed by atoms with E-state index in [0.29, 0.717) is 11.1 Å². The zero-order chi connectivity index (χ0) is 17.2. The van der Waals surface area contributed by atoms with Crippen LogP contribution in [0.5, 0.6) is 5.75 Å². The summed E-state index contributed by atoms with van der Waals surface area (Å²) in [6, 6.07) is 8.27. The Morgan fingerprint density at radius 2 is 1.70 bits per heavy atom. The molecule has 0 aliphatic rings. The first kappa shape index (κ1) is 17.0. The third kappa shape index (κ3) is 4.33. The van der Waals surface area contributed by atoms with Crippen LogP contribution in [0.2, 0.25) is 5.02 Å². The maximum absolute atomic E-state index is 12.1. The van der Waals surface area contributed by atoms with Crippen LogP contribution in [-0.4, -0.2) is 11.3 Å². The Balaban J connectivity index is 2.25. The molecule has 1 atom stereocenters. The van der Waals surface area contributed by atoms with E-state index in [1.807, 2.05) is 0 Å². The van der Waals surface area contributed by atoms with Gasteiger partial charge in [-0.3, -0.25) is 10.1 Å². The minimum Gasteiger partial charge on any atom is -0.406 e. The van der Waals surface area contributed by atoms with E-state index in [4.69, 9.17) is 17.3 Å². The molecule has 2 aromatic rings. The second-order valence-electron chi connectivity index (χ2n) is 4.56. The minimum absolute atomic E-state index is 0.0279. The molecule has 0 aliphatic carbocycles. The summed E-state index contributed by atoms with van der Waals surface area (Å²) in [5.41, 5.74) is 6.57.